The lowest BCUT2D eigenvalue weighted by atomic mass is 10.2. The van der Waals surface area contributed by atoms with Gasteiger partial charge in [0.2, 0.25) is 0 Å². The topological polar surface area (TPSA) is 38.0 Å². The van der Waals surface area contributed by atoms with Crippen molar-refractivity contribution in [2.45, 2.75) is 19.9 Å². The molecule has 0 spiro atoms. The van der Waals surface area contributed by atoms with Crippen molar-refractivity contribution in [2.75, 3.05) is 6.61 Å². The number of thiophene rings is 1. The van der Waals surface area contributed by atoms with Gasteiger partial charge in [0.05, 0.1) is 23.9 Å². The third kappa shape index (κ3) is 3.14. The van der Waals surface area contributed by atoms with Crippen molar-refractivity contribution in [1.82, 2.24) is 9.78 Å². The van der Waals surface area contributed by atoms with Crippen LogP contribution >= 0.6 is 22.9 Å². The Morgan fingerprint density at radius 3 is 3.06 bits per heavy atom. The van der Waals surface area contributed by atoms with Gasteiger partial charge in [-0.05, 0) is 18.4 Å². The van der Waals surface area contributed by atoms with Crippen LogP contribution in [0.25, 0.3) is 0 Å². The van der Waals surface area contributed by atoms with E-state index in [2.05, 4.69) is 16.9 Å². The van der Waals surface area contributed by atoms with E-state index in [0.717, 1.165) is 16.1 Å². The minimum Gasteiger partial charge on any atom is -0.395 e. The van der Waals surface area contributed by atoms with Crippen LogP contribution < -0.4 is 0 Å². The maximum atomic E-state index is 8.70. The van der Waals surface area contributed by atoms with Crippen LogP contribution in [0.3, 0.4) is 0 Å². The molecule has 0 saturated heterocycles. The first-order chi connectivity index (χ1) is 8.70. The van der Waals surface area contributed by atoms with Crippen LogP contribution in [0.15, 0.2) is 17.6 Å². The molecule has 0 atom stereocenters. The van der Waals surface area contributed by atoms with E-state index in [1.165, 1.54) is 0 Å². The smallest absolute Gasteiger partial charge is 0.0815 e. The third-order valence-electron chi connectivity index (χ3n) is 2.40. The molecular weight excluding hydrogens is 268 g/mol. The van der Waals surface area contributed by atoms with Gasteiger partial charge in [-0.15, -0.1) is 11.3 Å². The van der Waals surface area contributed by atoms with Gasteiger partial charge in [-0.1, -0.05) is 23.4 Å². The van der Waals surface area contributed by atoms with Crippen molar-refractivity contribution < 1.29 is 5.11 Å². The molecule has 0 aromatic carbocycles. The molecule has 0 bridgehead atoms. The standard InChI is InChI=1S/C13H13ClN2OS/c1-10-12(14)8-16(15-10)9-13-11(5-7-18-13)4-2-3-6-17/h5,7-8,17H,3,6,9H2,1H3. The summed E-state index contributed by atoms with van der Waals surface area (Å²) in [5.41, 5.74) is 1.83. The summed E-state index contributed by atoms with van der Waals surface area (Å²) in [6.07, 6.45) is 2.32. The number of aromatic nitrogens is 2. The zero-order valence-corrected chi connectivity index (χ0v) is 11.6. The zero-order chi connectivity index (χ0) is 13.0. The third-order valence-corrected chi connectivity index (χ3v) is 3.67. The van der Waals surface area contributed by atoms with Crippen molar-refractivity contribution in [3.05, 3.63) is 38.8 Å². The monoisotopic (exact) mass is 280 g/mol. The number of rotatable bonds is 3. The second kappa shape index (κ2) is 6.05. The van der Waals surface area contributed by atoms with Gasteiger partial charge in [-0.3, -0.25) is 4.68 Å². The second-order valence-corrected chi connectivity index (χ2v) is 5.20. The van der Waals surface area contributed by atoms with Gasteiger partial charge < -0.3 is 5.11 Å². The molecule has 0 unspecified atom stereocenters. The largest absolute Gasteiger partial charge is 0.395 e. The lowest BCUT2D eigenvalue weighted by molar-refractivity contribution is 0.305. The molecule has 0 aliphatic rings. The Morgan fingerprint density at radius 1 is 1.56 bits per heavy atom. The molecule has 18 heavy (non-hydrogen) atoms. The number of hydrogen-bond acceptors (Lipinski definition) is 3. The molecule has 1 N–H and O–H groups in total. The fourth-order valence-corrected chi connectivity index (χ4v) is 2.48. The molecule has 0 aliphatic carbocycles. The van der Waals surface area contributed by atoms with Crippen molar-refractivity contribution in [1.29, 1.82) is 0 Å². The molecule has 3 nitrogen and oxygen atoms in total. The van der Waals surface area contributed by atoms with Crippen LogP contribution in [-0.2, 0) is 6.54 Å². The highest BCUT2D eigenvalue weighted by atomic mass is 35.5. The Labute approximate surface area is 115 Å². The normalized spacial score (nSPS) is 10.2. The average molecular weight is 281 g/mol. The molecule has 0 radical (unpaired) electrons. The van der Waals surface area contributed by atoms with Crippen molar-refractivity contribution in [3.8, 4) is 11.8 Å². The number of aryl methyl sites for hydroxylation is 1. The Hall–Kier alpha value is -1.28. The van der Waals surface area contributed by atoms with Gasteiger partial charge in [-0.2, -0.15) is 5.10 Å². The summed E-state index contributed by atoms with van der Waals surface area (Å²) in [6.45, 7) is 2.66. The number of halogens is 1. The van der Waals surface area contributed by atoms with Gasteiger partial charge in [0.25, 0.3) is 0 Å². The van der Waals surface area contributed by atoms with Crippen LogP contribution in [0, 0.1) is 18.8 Å². The van der Waals surface area contributed by atoms with Crippen molar-refractivity contribution in [2.24, 2.45) is 0 Å². The van der Waals surface area contributed by atoms with E-state index in [1.54, 1.807) is 11.3 Å². The van der Waals surface area contributed by atoms with Crippen molar-refractivity contribution >= 4 is 22.9 Å². The lowest BCUT2D eigenvalue weighted by Gasteiger charge is -1.99. The first kappa shape index (κ1) is 13.2. The number of aliphatic hydroxyl groups excluding tert-OH is 1. The minimum atomic E-state index is 0.0976. The Balaban J connectivity index is 2.15. The summed E-state index contributed by atoms with van der Waals surface area (Å²) < 4.78 is 1.82. The molecule has 0 fully saturated rings. The van der Waals surface area contributed by atoms with E-state index in [9.17, 15) is 0 Å². The summed E-state index contributed by atoms with van der Waals surface area (Å²) in [4.78, 5) is 1.15. The maximum Gasteiger partial charge on any atom is 0.0815 e. The number of aliphatic hydroxyl groups is 1. The molecule has 94 valence electrons. The molecule has 2 rings (SSSR count). The van der Waals surface area contributed by atoms with E-state index < -0.39 is 0 Å². The Bertz CT molecular complexity index is 572. The molecule has 0 aliphatic heterocycles. The van der Waals surface area contributed by atoms with Gasteiger partial charge >= 0.3 is 0 Å². The lowest BCUT2D eigenvalue weighted by Crippen LogP contribution is -1.99. The molecule has 2 heterocycles. The van der Waals surface area contributed by atoms with Crippen LogP contribution in [0.4, 0.5) is 0 Å². The highest BCUT2D eigenvalue weighted by molar-refractivity contribution is 7.10. The second-order valence-electron chi connectivity index (χ2n) is 3.79. The van der Waals surface area contributed by atoms with E-state index in [-0.39, 0.29) is 6.61 Å². The van der Waals surface area contributed by atoms with Gasteiger partial charge in [-0.25, -0.2) is 0 Å². The minimum absolute atomic E-state index is 0.0976. The van der Waals surface area contributed by atoms with E-state index in [1.807, 2.05) is 29.2 Å². The summed E-state index contributed by atoms with van der Waals surface area (Å²) in [7, 11) is 0. The molecule has 2 aromatic heterocycles. The summed E-state index contributed by atoms with van der Waals surface area (Å²) in [5, 5.41) is 15.7. The fourth-order valence-electron chi connectivity index (χ4n) is 1.51. The maximum absolute atomic E-state index is 8.70. The highest BCUT2D eigenvalue weighted by Gasteiger charge is 2.06. The van der Waals surface area contributed by atoms with Crippen LogP contribution in [0.2, 0.25) is 5.02 Å². The molecule has 0 amide bonds. The van der Waals surface area contributed by atoms with Crippen LogP contribution in [-0.4, -0.2) is 21.5 Å². The quantitative estimate of drug-likeness (QED) is 0.878. The summed E-state index contributed by atoms with van der Waals surface area (Å²) in [5.74, 6) is 5.99. The first-order valence-electron chi connectivity index (χ1n) is 5.56. The Kier molecular flexibility index (Phi) is 4.43. The molecule has 2 aromatic rings. The predicted molar refractivity (Wildman–Crippen MR) is 74.0 cm³/mol. The van der Waals surface area contributed by atoms with E-state index in [4.69, 9.17) is 16.7 Å². The van der Waals surface area contributed by atoms with Crippen LogP contribution in [0.5, 0.6) is 0 Å². The number of nitrogens with zero attached hydrogens (tertiary/aromatic N) is 2. The molecule has 5 heteroatoms. The van der Waals surface area contributed by atoms with Crippen molar-refractivity contribution in [3.63, 3.8) is 0 Å². The highest BCUT2D eigenvalue weighted by Crippen LogP contribution is 2.19. The zero-order valence-electron chi connectivity index (χ0n) is 9.98. The number of hydrogen-bond donors (Lipinski definition) is 1. The molecule has 0 saturated carbocycles. The molecular formula is C13H13ClN2OS. The fraction of sp³-hybridized carbons (Fsp3) is 0.308. The summed E-state index contributed by atoms with van der Waals surface area (Å²) in [6, 6.07) is 1.99. The van der Waals surface area contributed by atoms with Gasteiger partial charge in [0.15, 0.2) is 0 Å². The summed E-state index contributed by atoms with van der Waals surface area (Å²) >= 11 is 7.62. The van der Waals surface area contributed by atoms with Gasteiger partial charge in [0, 0.05) is 23.1 Å². The SMILES string of the molecule is Cc1nn(Cc2sccc2C#CCCO)cc1Cl. The first-order valence-corrected chi connectivity index (χ1v) is 6.82. The Morgan fingerprint density at radius 2 is 2.39 bits per heavy atom. The average Bonchev–Trinajstić information content (AvgIpc) is 2.88. The van der Waals surface area contributed by atoms with E-state index >= 15 is 0 Å². The van der Waals surface area contributed by atoms with Crippen LogP contribution in [0.1, 0.15) is 22.6 Å². The predicted octanol–water partition coefficient (Wildman–Crippen LogP) is 2.69. The van der Waals surface area contributed by atoms with E-state index in [0.29, 0.717) is 18.0 Å². The van der Waals surface area contributed by atoms with Gasteiger partial charge in [0.1, 0.15) is 0 Å².